The van der Waals surface area contributed by atoms with Crippen molar-refractivity contribution in [3.8, 4) is 0 Å². The lowest BCUT2D eigenvalue weighted by Crippen LogP contribution is -2.11. The molecule has 0 aliphatic heterocycles. The van der Waals surface area contributed by atoms with Gasteiger partial charge in [0.25, 0.3) is 0 Å². The molecule has 2 N–H and O–H groups in total. The van der Waals surface area contributed by atoms with Gasteiger partial charge in [0.15, 0.2) is 0 Å². The van der Waals surface area contributed by atoms with E-state index in [1.54, 1.807) is 6.20 Å². The molecular formula is C6H10BrN3. The molecule has 0 spiro atoms. The minimum absolute atomic E-state index is 0.649. The number of nitrogens with two attached hydrogens (primary N) is 1. The lowest BCUT2D eigenvalue weighted by molar-refractivity contribution is 0.672. The predicted octanol–water partition coefficient (Wildman–Crippen LogP) is 0.913. The van der Waals surface area contributed by atoms with Crippen molar-refractivity contribution in [2.24, 2.45) is 5.73 Å². The third kappa shape index (κ3) is 1.38. The van der Waals surface area contributed by atoms with Crippen LogP contribution in [0.25, 0.3) is 0 Å². The summed E-state index contributed by atoms with van der Waals surface area (Å²) in [6.45, 7) is 3.43. The summed E-state index contributed by atoms with van der Waals surface area (Å²) in [5.41, 5.74) is 5.39. The number of aryl methyl sites for hydroxylation is 1. The number of aromatic nitrogens is 2. The normalized spacial score (nSPS) is 10.3. The van der Waals surface area contributed by atoms with E-state index in [0.717, 1.165) is 17.0 Å². The Balaban J connectivity index is 2.87. The first-order valence-electron chi connectivity index (χ1n) is 3.13. The molecular weight excluding hydrogens is 194 g/mol. The highest BCUT2D eigenvalue weighted by atomic mass is 79.9. The molecule has 0 aliphatic rings. The van der Waals surface area contributed by atoms with Crippen LogP contribution < -0.4 is 5.73 Å². The summed E-state index contributed by atoms with van der Waals surface area (Å²) in [7, 11) is 0. The largest absolute Gasteiger partial charge is 0.329 e. The molecule has 10 heavy (non-hydrogen) atoms. The van der Waals surface area contributed by atoms with Gasteiger partial charge in [-0.25, -0.2) is 4.98 Å². The number of hydrogen-bond donors (Lipinski definition) is 1. The lowest BCUT2D eigenvalue weighted by atomic mass is 10.6. The molecule has 0 amide bonds. The van der Waals surface area contributed by atoms with E-state index < -0.39 is 0 Å². The van der Waals surface area contributed by atoms with Gasteiger partial charge in [0.1, 0.15) is 10.4 Å². The maximum Gasteiger partial charge on any atom is 0.106 e. The standard InChI is InChI=1S/C6H10BrN3/c1-5-9-4-6(7)10(5)3-2-8/h4H,2-3,8H2,1H3. The molecule has 0 unspecified atom stereocenters. The fourth-order valence-corrected chi connectivity index (χ4v) is 1.37. The molecule has 1 rings (SSSR count). The van der Waals surface area contributed by atoms with Crippen molar-refractivity contribution in [3.05, 3.63) is 16.6 Å². The molecule has 0 radical (unpaired) electrons. The highest BCUT2D eigenvalue weighted by Crippen LogP contribution is 2.10. The summed E-state index contributed by atoms with van der Waals surface area (Å²) in [5, 5.41) is 0. The van der Waals surface area contributed by atoms with Crippen LogP contribution in [-0.4, -0.2) is 16.1 Å². The van der Waals surface area contributed by atoms with Crippen molar-refractivity contribution in [1.82, 2.24) is 9.55 Å². The summed E-state index contributed by atoms with van der Waals surface area (Å²) in [5.74, 6) is 0.998. The lowest BCUT2D eigenvalue weighted by Gasteiger charge is -2.02. The smallest absolute Gasteiger partial charge is 0.106 e. The first-order chi connectivity index (χ1) is 4.75. The molecule has 3 nitrogen and oxygen atoms in total. The molecule has 1 aromatic heterocycles. The Kier molecular flexibility index (Phi) is 2.45. The van der Waals surface area contributed by atoms with Gasteiger partial charge in [-0.05, 0) is 22.9 Å². The summed E-state index contributed by atoms with van der Waals surface area (Å²) < 4.78 is 3.02. The van der Waals surface area contributed by atoms with Crippen molar-refractivity contribution in [3.63, 3.8) is 0 Å². The molecule has 4 heteroatoms. The van der Waals surface area contributed by atoms with Crippen molar-refractivity contribution < 1.29 is 0 Å². The minimum atomic E-state index is 0.649. The molecule has 0 fully saturated rings. The molecule has 56 valence electrons. The fraction of sp³-hybridized carbons (Fsp3) is 0.500. The van der Waals surface area contributed by atoms with Gasteiger partial charge in [0.2, 0.25) is 0 Å². The van der Waals surface area contributed by atoms with Crippen LogP contribution in [-0.2, 0) is 6.54 Å². The van der Waals surface area contributed by atoms with E-state index in [9.17, 15) is 0 Å². The monoisotopic (exact) mass is 203 g/mol. The van der Waals surface area contributed by atoms with Crippen LogP contribution in [0.3, 0.4) is 0 Å². The summed E-state index contributed by atoms with van der Waals surface area (Å²) >= 11 is 3.36. The first-order valence-corrected chi connectivity index (χ1v) is 3.92. The van der Waals surface area contributed by atoms with Gasteiger partial charge >= 0.3 is 0 Å². The quantitative estimate of drug-likeness (QED) is 0.778. The Labute approximate surface area is 68.4 Å². The zero-order valence-electron chi connectivity index (χ0n) is 5.84. The second-order valence-corrected chi connectivity index (χ2v) is 2.88. The molecule has 1 aromatic rings. The molecule has 0 saturated carbocycles. The predicted molar refractivity (Wildman–Crippen MR) is 43.7 cm³/mol. The van der Waals surface area contributed by atoms with Crippen molar-refractivity contribution in [1.29, 1.82) is 0 Å². The van der Waals surface area contributed by atoms with E-state index in [1.165, 1.54) is 0 Å². The second-order valence-electron chi connectivity index (χ2n) is 2.07. The Morgan fingerprint density at radius 2 is 2.50 bits per heavy atom. The third-order valence-electron chi connectivity index (χ3n) is 1.36. The van der Waals surface area contributed by atoms with Crippen molar-refractivity contribution in [2.75, 3.05) is 6.54 Å². The van der Waals surface area contributed by atoms with Crippen LogP contribution >= 0.6 is 15.9 Å². The van der Waals surface area contributed by atoms with Crippen LogP contribution in [0.2, 0.25) is 0 Å². The number of hydrogen-bond acceptors (Lipinski definition) is 2. The molecule has 1 heterocycles. The third-order valence-corrected chi connectivity index (χ3v) is 1.99. The zero-order valence-corrected chi connectivity index (χ0v) is 7.43. The van der Waals surface area contributed by atoms with Crippen molar-refractivity contribution >= 4 is 15.9 Å². The first kappa shape index (κ1) is 7.75. The number of rotatable bonds is 2. The maximum atomic E-state index is 5.39. The average Bonchev–Trinajstić information content (AvgIpc) is 2.20. The topological polar surface area (TPSA) is 43.8 Å². The van der Waals surface area contributed by atoms with Gasteiger partial charge in [0.05, 0.1) is 6.20 Å². The highest BCUT2D eigenvalue weighted by Gasteiger charge is 2.00. The molecule has 0 aliphatic carbocycles. The van der Waals surface area contributed by atoms with Gasteiger partial charge < -0.3 is 10.3 Å². The summed E-state index contributed by atoms with van der Waals surface area (Å²) in [6, 6.07) is 0. The Bertz CT molecular complexity index is 199. The molecule has 0 atom stereocenters. The highest BCUT2D eigenvalue weighted by molar-refractivity contribution is 9.10. The van der Waals surface area contributed by atoms with Crippen LogP contribution in [0.15, 0.2) is 10.8 Å². The molecule has 0 bridgehead atoms. The van der Waals surface area contributed by atoms with Crippen molar-refractivity contribution in [2.45, 2.75) is 13.5 Å². The van der Waals surface area contributed by atoms with Gasteiger partial charge in [-0.1, -0.05) is 0 Å². The van der Waals surface area contributed by atoms with E-state index in [2.05, 4.69) is 20.9 Å². The fourth-order valence-electron chi connectivity index (χ4n) is 0.838. The van der Waals surface area contributed by atoms with E-state index in [-0.39, 0.29) is 0 Å². The summed E-state index contributed by atoms with van der Waals surface area (Å²) in [6.07, 6.45) is 1.78. The maximum absolute atomic E-state index is 5.39. The Morgan fingerprint density at radius 3 is 2.90 bits per heavy atom. The number of halogens is 1. The zero-order chi connectivity index (χ0) is 7.56. The van der Waals surface area contributed by atoms with E-state index in [4.69, 9.17) is 5.73 Å². The summed E-state index contributed by atoms with van der Waals surface area (Å²) in [4.78, 5) is 4.10. The minimum Gasteiger partial charge on any atom is -0.329 e. The van der Waals surface area contributed by atoms with E-state index in [1.807, 2.05) is 11.5 Å². The van der Waals surface area contributed by atoms with E-state index in [0.29, 0.717) is 6.54 Å². The SMILES string of the molecule is Cc1ncc(Br)n1CCN. The van der Waals surface area contributed by atoms with Gasteiger partial charge in [-0.2, -0.15) is 0 Å². The number of imidazole rings is 1. The van der Waals surface area contributed by atoms with Gasteiger partial charge in [-0.3, -0.25) is 0 Å². The second kappa shape index (κ2) is 3.16. The Morgan fingerprint density at radius 1 is 1.80 bits per heavy atom. The number of nitrogens with zero attached hydrogens (tertiary/aromatic N) is 2. The van der Waals surface area contributed by atoms with Crippen LogP contribution in [0, 0.1) is 6.92 Å². The van der Waals surface area contributed by atoms with Crippen LogP contribution in [0.4, 0.5) is 0 Å². The van der Waals surface area contributed by atoms with Crippen LogP contribution in [0.5, 0.6) is 0 Å². The van der Waals surface area contributed by atoms with E-state index >= 15 is 0 Å². The van der Waals surface area contributed by atoms with Gasteiger partial charge in [-0.15, -0.1) is 0 Å². The molecule has 0 saturated heterocycles. The average molecular weight is 204 g/mol. The van der Waals surface area contributed by atoms with Gasteiger partial charge in [0, 0.05) is 13.1 Å². The Hall–Kier alpha value is -0.350. The molecule has 0 aromatic carbocycles. The van der Waals surface area contributed by atoms with Crippen LogP contribution in [0.1, 0.15) is 5.82 Å².